The third-order valence-corrected chi connectivity index (χ3v) is 10.6. The summed E-state index contributed by atoms with van der Waals surface area (Å²) in [6.45, 7) is 3.38. The molecule has 5 aromatic rings. The van der Waals surface area contributed by atoms with Crippen molar-refractivity contribution in [2.24, 2.45) is 0 Å². The van der Waals surface area contributed by atoms with Crippen molar-refractivity contribution in [2.75, 3.05) is 44.4 Å². The zero-order valence-electron chi connectivity index (χ0n) is 25.6. The van der Waals surface area contributed by atoms with E-state index in [0.717, 1.165) is 78.3 Å². The van der Waals surface area contributed by atoms with Gasteiger partial charge in [-0.15, -0.1) is 11.3 Å². The number of aryl methyl sites for hydroxylation is 1. The first-order chi connectivity index (χ1) is 22.9. The lowest BCUT2D eigenvalue weighted by atomic mass is 9.91. The number of anilines is 2. The highest BCUT2D eigenvalue weighted by Gasteiger charge is 2.31. The van der Waals surface area contributed by atoms with E-state index in [1.807, 2.05) is 7.05 Å². The number of nitriles is 1. The fourth-order valence-electron chi connectivity index (χ4n) is 6.88. The van der Waals surface area contributed by atoms with Crippen molar-refractivity contribution in [3.63, 3.8) is 0 Å². The predicted octanol–water partition coefficient (Wildman–Crippen LogP) is 5.98. The molecular formula is C33H31ClFN7O4S. The van der Waals surface area contributed by atoms with E-state index in [1.54, 1.807) is 6.07 Å². The van der Waals surface area contributed by atoms with Crippen LogP contribution >= 0.6 is 22.9 Å². The molecule has 0 radical (unpaired) electrons. The number of fused-ring (bicyclic) bond motifs is 5. The summed E-state index contributed by atoms with van der Waals surface area (Å²) in [6, 6.07) is 5.30. The Morgan fingerprint density at radius 1 is 1.19 bits per heavy atom. The molecule has 0 saturated carbocycles. The van der Waals surface area contributed by atoms with Gasteiger partial charge in [0.25, 0.3) is 0 Å². The van der Waals surface area contributed by atoms with Gasteiger partial charge in [0.1, 0.15) is 46.9 Å². The number of halogens is 2. The minimum atomic E-state index is -0.457. The molecule has 14 heteroatoms. The van der Waals surface area contributed by atoms with Gasteiger partial charge in [-0.25, -0.2) is 4.39 Å². The summed E-state index contributed by atoms with van der Waals surface area (Å²) in [5.41, 5.74) is 11.7. The molecule has 1 unspecified atom stereocenters. The quantitative estimate of drug-likeness (QED) is 0.210. The molecule has 3 aliphatic rings. The lowest BCUT2D eigenvalue weighted by molar-refractivity contribution is -0.0416. The first kappa shape index (κ1) is 30.3. The number of hydrogen-bond donors (Lipinski definition) is 2. The van der Waals surface area contributed by atoms with E-state index in [1.165, 1.54) is 6.07 Å². The van der Waals surface area contributed by atoms with Gasteiger partial charge < -0.3 is 34.7 Å². The van der Waals surface area contributed by atoms with Crippen LogP contribution in [0.4, 0.5) is 15.2 Å². The summed E-state index contributed by atoms with van der Waals surface area (Å²) in [6.07, 6.45) is 3.85. The summed E-state index contributed by atoms with van der Waals surface area (Å²) in [7, 11) is 2.04. The Balaban J connectivity index is 1.28. The van der Waals surface area contributed by atoms with Crippen LogP contribution in [0.3, 0.4) is 0 Å². The van der Waals surface area contributed by atoms with E-state index in [2.05, 4.69) is 21.4 Å². The number of morpholine rings is 1. The Hall–Kier alpha value is -4.06. The van der Waals surface area contributed by atoms with E-state index in [-0.39, 0.29) is 42.5 Å². The van der Waals surface area contributed by atoms with Crippen LogP contribution in [0.15, 0.2) is 16.7 Å². The first-order valence-electron chi connectivity index (χ1n) is 15.6. The number of benzene rings is 2. The highest BCUT2D eigenvalue weighted by atomic mass is 35.5. The molecule has 3 N–H and O–H groups in total. The predicted molar refractivity (Wildman–Crippen MR) is 176 cm³/mol. The number of nitrogens with zero attached hydrogens (tertiary/aromatic N) is 5. The minimum absolute atomic E-state index is 0.132. The first-order valence-corrected chi connectivity index (χ1v) is 16.8. The molecular weight excluding hydrogens is 645 g/mol. The van der Waals surface area contributed by atoms with Crippen LogP contribution < -0.4 is 15.8 Å². The molecule has 0 amide bonds. The Kier molecular flexibility index (Phi) is 7.85. The van der Waals surface area contributed by atoms with Crippen LogP contribution in [-0.2, 0) is 42.1 Å². The Morgan fingerprint density at radius 2 is 2.04 bits per heavy atom. The Labute approximate surface area is 278 Å². The van der Waals surface area contributed by atoms with Gasteiger partial charge in [-0.1, -0.05) is 22.8 Å². The van der Waals surface area contributed by atoms with Crippen LogP contribution in [0.25, 0.3) is 32.1 Å². The maximum Gasteiger partial charge on any atom is 0.319 e. The number of ether oxygens (including phenoxy) is 3. The molecule has 0 bridgehead atoms. The molecule has 1 atom stereocenters. The number of aromatic nitrogens is 3. The maximum absolute atomic E-state index is 15.0. The van der Waals surface area contributed by atoms with Gasteiger partial charge >= 0.3 is 6.01 Å². The fraction of sp³-hybridized carbons (Fsp3) is 0.394. The SMILES string of the molecule is CN1CCOC(COc2nc(NCc3noc4c3CCCC4)c3c4c(c(-c5ccc(F)c6sc(N)c(C#N)c56)c(Cl)c3n2)COC4)C1. The van der Waals surface area contributed by atoms with Crippen LogP contribution in [0, 0.1) is 17.1 Å². The van der Waals surface area contributed by atoms with Crippen molar-refractivity contribution in [2.45, 2.75) is 51.5 Å². The number of likely N-dealkylation sites (N-methyl/N-ethyl adjacent to an activating group) is 1. The van der Waals surface area contributed by atoms with Crippen LogP contribution in [0.2, 0.25) is 5.02 Å². The van der Waals surface area contributed by atoms with Crippen LogP contribution in [0.1, 0.15) is 46.5 Å². The van der Waals surface area contributed by atoms with Crippen molar-refractivity contribution in [1.29, 1.82) is 5.26 Å². The molecule has 1 saturated heterocycles. The second-order valence-electron chi connectivity index (χ2n) is 12.1. The normalized spacial score (nSPS) is 18.0. The molecule has 1 aliphatic carbocycles. The highest BCUT2D eigenvalue weighted by molar-refractivity contribution is 7.23. The zero-order valence-corrected chi connectivity index (χ0v) is 27.2. The minimum Gasteiger partial charge on any atom is -0.461 e. The molecule has 11 nitrogen and oxygen atoms in total. The van der Waals surface area contributed by atoms with Gasteiger partial charge in [0.15, 0.2) is 0 Å². The number of rotatable bonds is 7. The Morgan fingerprint density at radius 3 is 2.89 bits per heavy atom. The fourth-order valence-corrected chi connectivity index (χ4v) is 8.19. The summed E-state index contributed by atoms with van der Waals surface area (Å²) < 4.78 is 39.1. The standard InChI is InChI=1S/C33H31ClFN7O4S/c1-42-8-9-44-16(12-42)13-45-33-39-29-27(32(40-33)38-11-23-17-4-2-3-5-24(17)46-41-23)21-15-43-14-20(21)25(28(29)34)18-6-7-22(35)30-26(18)19(10-36)31(37)47-30/h6-7,16H,2-5,8-9,11-15,37H2,1H3,(H,38,39,40). The summed E-state index contributed by atoms with van der Waals surface area (Å²) >= 11 is 8.36. The van der Waals surface area contributed by atoms with E-state index in [4.69, 9.17) is 46.0 Å². The van der Waals surface area contributed by atoms with Crippen molar-refractivity contribution < 1.29 is 23.1 Å². The van der Waals surface area contributed by atoms with Crippen molar-refractivity contribution in [3.8, 4) is 23.2 Å². The molecule has 5 heterocycles. The lowest BCUT2D eigenvalue weighted by Gasteiger charge is -2.29. The molecule has 3 aromatic heterocycles. The third kappa shape index (κ3) is 5.25. The van der Waals surface area contributed by atoms with E-state index < -0.39 is 5.82 Å². The molecule has 47 heavy (non-hydrogen) atoms. The maximum atomic E-state index is 15.0. The monoisotopic (exact) mass is 675 g/mol. The van der Waals surface area contributed by atoms with Crippen molar-refractivity contribution in [1.82, 2.24) is 20.0 Å². The molecule has 2 aromatic carbocycles. The molecule has 8 rings (SSSR count). The second kappa shape index (κ2) is 12.2. The lowest BCUT2D eigenvalue weighted by Crippen LogP contribution is -2.42. The number of hydrogen-bond acceptors (Lipinski definition) is 12. The molecule has 0 spiro atoms. The van der Waals surface area contributed by atoms with Gasteiger partial charge in [0.2, 0.25) is 0 Å². The van der Waals surface area contributed by atoms with E-state index in [0.29, 0.717) is 56.1 Å². The zero-order chi connectivity index (χ0) is 32.2. The van der Waals surface area contributed by atoms with Gasteiger partial charge in [-0.05, 0) is 49.1 Å². The number of nitrogens with two attached hydrogens (primary N) is 1. The molecule has 242 valence electrons. The van der Waals surface area contributed by atoms with E-state index in [9.17, 15) is 5.26 Å². The summed E-state index contributed by atoms with van der Waals surface area (Å²) in [5, 5.41) is 19.5. The number of nitrogen functional groups attached to an aromatic ring is 1. The smallest absolute Gasteiger partial charge is 0.319 e. The number of thiophene rings is 1. The number of nitrogens with one attached hydrogen (secondary N) is 1. The highest BCUT2D eigenvalue weighted by Crippen LogP contribution is 2.49. The van der Waals surface area contributed by atoms with Crippen LogP contribution in [-0.4, -0.2) is 59.5 Å². The van der Waals surface area contributed by atoms with Gasteiger partial charge in [0.05, 0.1) is 52.6 Å². The van der Waals surface area contributed by atoms with Crippen molar-refractivity contribution in [3.05, 3.63) is 56.7 Å². The van der Waals surface area contributed by atoms with Crippen molar-refractivity contribution >= 4 is 54.7 Å². The largest absolute Gasteiger partial charge is 0.461 e. The average molecular weight is 676 g/mol. The third-order valence-electron chi connectivity index (χ3n) is 9.17. The summed E-state index contributed by atoms with van der Waals surface area (Å²) in [4.78, 5) is 11.9. The van der Waals surface area contributed by atoms with Gasteiger partial charge in [0, 0.05) is 36.0 Å². The van der Waals surface area contributed by atoms with Gasteiger partial charge in [-0.3, -0.25) is 0 Å². The topological polar surface area (TPSA) is 145 Å². The Bertz CT molecular complexity index is 2090. The average Bonchev–Trinajstić information content (AvgIpc) is 3.81. The second-order valence-corrected chi connectivity index (χ2v) is 13.6. The van der Waals surface area contributed by atoms with Gasteiger partial charge in [-0.2, -0.15) is 15.2 Å². The molecule has 2 aliphatic heterocycles. The van der Waals surface area contributed by atoms with E-state index >= 15 is 4.39 Å². The van der Waals surface area contributed by atoms with Crippen LogP contribution in [0.5, 0.6) is 6.01 Å². The summed E-state index contributed by atoms with van der Waals surface area (Å²) in [5.74, 6) is 1.01. The molecule has 1 fully saturated rings.